The number of barbiturate groups is 1. The van der Waals surface area contributed by atoms with E-state index in [1.165, 1.54) is 25.4 Å². The van der Waals surface area contributed by atoms with Gasteiger partial charge in [-0.3, -0.25) is 24.2 Å². The van der Waals surface area contributed by atoms with Crippen molar-refractivity contribution in [3.05, 3.63) is 56.6 Å². The van der Waals surface area contributed by atoms with Gasteiger partial charge in [-0.25, -0.2) is 4.79 Å². The first-order valence-corrected chi connectivity index (χ1v) is 11.7. The highest BCUT2D eigenvalue weighted by molar-refractivity contribution is 7.09. The van der Waals surface area contributed by atoms with Crippen molar-refractivity contribution in [1.29, 1.82) is 0 Å². The zero-order chi connectivity index (χ0) is 22.6. The quantitative estimate of drug-likeness (QED) is 0.656. The van der Waals surface area contributed by atoms with Gasteiger partial charge >= 0.3 is 6.03 Å². The predicted octanol–water partition coefficient (Wildman–Crippen LogP) is 1.61. The fourth-order valence-corrected chi connectivity index (χ4v) is 6.51. The number of nitrogens with zero attached hydrogens (tertiary/aromatic N) is 4. The zero-order valence-corrected chi connectivity index (χ0v) is 19.0. The number of urea groups is 1. The number of fused-ring (bicyclic) bond motifs is 4. The van der Waals surface area contributed by atoms with Crippen molar-refractivity contribution in [2.45, 2.75) is 25.3 Å². The number of aromatic nitrogens is 1. The molecule has 2 atom stereocenters. The molecule has 168 valence electrons. The molecule has 32 heavy (non-hydrogen) atoms. The molecule has 5 heterocycles. The van der Waals surface area contributed by atoms with Gasteiger partial charge < -0.3 is 9.47 Å². The average Bonchev–Trinajstić information content (AvgIpc) is 3.29. The van der Waals surface area contributed by atoms with Gasteiger partial charge in [-0.05, 0) is 29.9 Å². The number of thiophene rings is 1. The Bertz CT molecular complexity index is 1120. The molecule has 0 unspecified atom stereocenters. The van der Waals surface area contributed by atoms with Gasteiger partial charge in [-0.1, -0.05) is 12.1 Å². The first kappa shape index (κ1) is 21.1. The fraction of sp³-hybridized carbons (Fsp3) is 0.478. The van der Waals surface area contributed by atoms with E-state index in [0.29, 0.717) is 19.6 Å². The minimum Gasteiger partial charge on any atom is -0.312 e. The van der Waals surface area contributed by atoms with Gasteiger partial charge in [0.05, 0.1) is 0 Å². The molecule has 0 spiro atoms. The summed E-state index contributed by atoms with van der Waals surface area (Å²) >= 11 is 1.51. The molecule has 2 saturated heterocycles. The van der Waals surface area contributed by atoms with E-state index in [1.807, 2.05) is 28.1 Å². The molecule has 2 fully saturated rings. The number of pyridine rings is 1. The van der Waals surface area contributed by atoms with Crippen molar-refractivity contribution in [3.8, 4) is 0 Å². The molecule has 0 N–H and O–H groups in total. The number of hydrogen-bond donors (Lipinski definition) is 0. The third-order valence-corrected chi connectivity index (χ3v) is 7.98. The molecular formula is C23H26N4O4S. The molecule has 0 aliphatic carbocycles. The summed E-state index contributed by atoms with van der Waals surface area (Å²) in [6.07, 6.45) is 1.27. The highest BCUT2D eigenvalue weighted by Crippen LogP contribution is 2.39. The van der Waals surface area contributed by atoms with Crippen LogP contribution in [0.3, 0.4) is 0 Å². The minimum atomic E-state index is -1.34. The molecule has 3 aliphatic heterocycles. The largest absolute Gasteiger partial charge is 0.332 e. The van der Waals surface area contributed by atoms with Gasteiger partial charge in [0.2, 0.25) is 11.8 Å². The van der Waals surface area contributed by atoms with Crippen LogP contribution in [0.2, 0.25) is 0 Å². The van der Waals surface area contributed by atoms with Crippen molar-refractivity contribution in [2.75, 3.05) is 33.7 Å². The molecule has 0 aromatic carbocycles. The monoisotopic (exact) mass is 454 g/mol. The van der Waals surface area contributed by atoms with E-state index in [2.05, 4.69) is 4.90 Å². The van der Waals surface area contributed by atoms with Crippen LogP contribution in [-0.2, 0) is 22.6 Å². The Balaban J connectivity index is 1.49. The van der Waals surface area contributed by atoms with Crippen molar-refractivity contribution >= 4 is 29.2 Å². The van der Waals surface area contributed by atoms with Gasteiger partial charge in [0, 0.05) is 69.3 Å². The lowest BCUT2D eigenvalue weighted by Gasteiger charge is -2.48. The van der Waals surface area contributed by atoms with Gasteiger partial charge in [0.25, 0.3) is 5.56 Å². The maximum absolute atomic E-state index is 13.5. The second-order valence-corrected chi connectivity index (χ2v) is 10.3. The number of carbonyl (C=O) groups excluding carboxylic acids is 3. The van der Waals surface area contributed by atoms with Crippen molar-refractivity contribution in [2.24, 2.45) is 11.3 Å². The second kappa shape index (κ2) is 7.67. The SMILES string of the molecule is CN1C(=O)N(C)C(=O)C(Cc2cccs2)(CN2C[C@@H]3C[C@H](C2)c2cccc(=O)n2C3)C1=O. The first-order chi connectivity index (χ1) is 15.3. The Labute approximate surface area is 190 Å². The number of piperidine rings is 1. The van der Waals surface area contributed by atoms with Gasteiger partial charge in [0.15, 0.2) is 0 Å². The van der Waals surface area contributed by atoms with Crippen LogP contribution in [-0.4, -0.2) is 70.8 Å². The Kier molecular flexibility index (Phi) is 5.05. The van der Waals surface area contributed by atoms with E-state index < -0.39 is 23.3 Å². The van der Waals surface area contributed by atoms with E-state index >= 15 is 0 Å². The molecule has 2 aromatic rings. The number of carbonyl (C=O) groups is 3. The maximum Gasteiger partial charge on any atom is 0.332 e. The van der Waals surface area contributed by atoms with Gasteiger partial charge in [0.1, 0.15) is 5.41 Å². The normalized spacial score (nSPS) is 25.2. The summed E-state index contributed by atoms with van der Waals surface area (Å²) in [5.41, 5.74) is -0.291. The fourth-order valence-electron chi connectivity index (χ4n) is 5.69. The van der Waals surface area contributed by atoms with Crippen LogP contribution in [0.15, 0.2) is 40.5 Å². The Morgan fingerprint density at radius 1 is 0.969 bits per heavy atom. The lowest BCUT2D eigenvalue weighted by molar-refractivity contribution is -0.159. The first-order valence-electron chi connectivity index (χ1n) is 10.8. The lowest BCUT2D eigenvalue weighted by atomic mass is 9.76. The van der Waals surface area contributed by atoms with Crippen LogP contribution in [0, 0.1) is 11.3 Å². The summed E-state index contributed by atoms with van der Waals surface area (Å²) in [5.74, 6) is -0.412. The number of rotatable bonds is 4. The second-order valence-electron chi connectivity index (χ2n) is 9.24. The summed E-state index contributed by atoms with van der Waals surface area (Å²) < 4.78 is 1.87. The average molecular weight is 455 g/mol. The molecule has 2 aromatic heterocycles. The third-order valence-electron chi connectivity index (χ3n) is 7.11. The molecule has 3 aliphatic rings. The summed E-state index contributed by atoms with van der Waals surface area (Å²) in [4.78, 5) is 57.0. The number of hydrogen-bond acceptors (Lipinski definition) is 6. The lowest BCUT2D eigenvalue weighted by Crippen LogP contribution is -2.67. The van der Waals surface area contributed by atoms with Crippen LogP contribution in [0.1, 0.15) is 22.9 Å². The number of likely N-dealkylation sites (tertiary alicyclic amines) is 1. The molecule has 4 amide bonds. The molecule has 9 heteroatoms. The number of imide groups is 2. The smallest absolute Gasteiger partial charge is 0.312 e. The van der Waals surface area contributed by atoms with Gasteiger partial charge in [-0.2, -0.15) is 0 Å². The molecule has 0 radical (unpaired) electrons. The van der Waals surface area contributed by atoms with Gasteiger partial charge in [-0.15, -0.1) is 11.3 Å². The van der Waals surface area contributed by atoms with Crippen LogP contribution in [0.4, 0.5) is 4.79 Å². The van der Waals surface area contributed by atoms with E-state index in [1.54, 1.807) is 12.1 Å². The highest BCUT2D eigenvalue weighted by Gasteiger charge is 2.56. The minimum absolute atomic E-state index is 0.0270. The summed E-state index contributed by atoms with van der Waals surface area (Å²) in [6, 6.07) is 8.65. The predicted molar refractivity (Wildman–Crippen MR) is 119 cm³/mol. The van der Waals surface area contributed by atoms with Crippen molar-refractivity contribution < 1.29 is 14.4 Å². The number of amides is 4. The molecule has 0 saturated carbocycles. The van der Waals surface area contributed by atoms with Crippen LogP contribution in [0.5, 0.6) is 0 Å². The zero-order valence-electron chi connectivity index (χ0n) is 18.2. The summed E-state index contributed by atoms with van der Waals surface area (Å²) in [5, 5.41) is 1.93. The third kappa shape index (κ3) is 3.22. The highest BCUT2D eigenvalue weighted by atomic mass is 32.1. The summed E-state index contributed by atoms with van der Waals surface area (Å²) in [7, 11) is 2.90. The Morgan fingerprint density at radius 2 is 1.72 bits per heavy atom. The topological polar surface area (TPSA) is 82.9 Å². The summed E-state index contributed by atoms with van der Waals surface area (Å²) in [6.45, 7) is 2.30. The molecule has 5 rings (SSSR count). The van der Waals surface area contributed by atoms with Crippen LogP contribution in [0.25, 0.3) is 0 Å². The van der Waals surface area contributed by atoms with E-state index in [9.17, 15) is 19.2 Å². The molecular weight excluding hydrogens is 428 g/mol. The van der Waals surface area contributed by atoms with Crippen LogP contribution >= 0.6 is 11.3 Å². The Hall–Kier alpha value is -2.78. The van der Waals surface area contributed by atoms with Crippen molar-refractivity contribution in [3.63, 3.8) is 0 Å². The van der Waals surface area contributed by atoms with Crippen LogP contribution < -0.4 is 5.56 Å². The standard InChI is InChI=1S/C23H26N4O4S/c1-24-20(29)23(10-17-5-4-8-32-17,21(30)25(2)22(24)31)14-26-11-15-9-16(13-26)18-6-3-7-19(28)27(18)12-15/h3-8,15-16H,9-14H2,1-2H3/t15-,16+/m0/s1. The van der Waals surface area contributed by atoms with E-state index in [0.717, 1.165) is 26.8 Å². The molecule has 8 nitrogen and oxygen atoms in total. The Morgan fingerprint density at radius 3 is 2.41 bits per heavy atom. The van der Waals surface area contributed by atoms with Crippen molar-refractivity contribution in [1.82, 2.24) is 19.3 Å². The van der Waals surface area contributed by atoms with E-state index in [4.69, 9.17) is 0 Å². The maximum atomic E-state index is 13.5. The van der Waals surface area contributed by atoms with E-state index in [-0.39, 0.29) is 30.4 Å². The molecule has 2 bridgehead atoms.